The monoisotopic (exact) mass is 1420 g/mol. The second-order valence-corrected chi connectivity index (χ2v) is 26.5. The van der Waals surface area contributed by atoms with Gasteiger partial charge in [-0.3, -0.25) is 62.3 Å². The molecule has 34 nitrogen and oxygen atoms in total. The molecule has 34 heteroatoms. The van der Waals surface area contributed by atoms with E-state index in [0.717, 1.165) is 19.3 Å². The van der Waals surface area contributed by atoms with Gasteiger partial charge in [0.05, 0.1) is 12.7 Å². The second-order valence-electron chi connectivity index (χ2n) is 26.5. The molecule has 1 saturated heterocycles. The molecule has 2 rings (SSSR count). The molecular weight excluding hydrogens is 1300 g/mol. The van der Waals surface area contributed by atoms with Gasteiger partial charge in [-0.2, -0.15) is 0 Å². The van der Waals surface area contributed by atoms with Crippen molar-refractivity contribution in [3.8, 4) is 0 Å². The number of carboxylic acid groups (broad SMARTS) is 1. The Hall–Kier alpha value is -7.47. The zero-order valence-corrected chi connectivity index (χ0v) is 60.1. The molecule has 0 unspecified atom stereocenters. The van der Waals surface area contributed by atoms with Crippen LogP contribution in [0.5, 0.6) is 0 Å². The number of carbonyl (C=O) groups excluding carboxylic acids is 10. The molecule has 1 aliphatic rings. The maximum Gasteiger partial charge on any atom is 0.330 e. The van der Waals surface area contributed by atoms with Gasteiger partial charge < -0.3 is 102 Å². The van der Waals surface area contributed by atoms with Crippen molar-refractivity contribution in [3.63, 3.8) is 0 Å². The van der Waals surface area contributed by atoms with E-state index in [1.807, 2.05) is 13.8 Å². The van der Waals surface area contributed by atoms with E-state index in [4.69, 9.17) is 38.1 Å². The van der Waals surface area contributed by atoms with Crippen LogP contribution in [-0.4, -0.2) is 205 Å². The highest BCUT2D eigenvalue weighted by molar-refractivity contribution is 5.98. The number of hydrogen-bond acceptors (Lipinski definition) is 21. The number of nitrogens with two attached hydrogens (primary N) is 5. The number of aromatic nitrogens is 2. The number of H-pyrrole nitrogens is 1. The van der Waals surface area contributed by atoms with Crippen molar-refractivity contribution in [2.45, 2.75) is 257 Å². The van der Waals surface area contributed by atoms with E-state index in [1.165, 1.54) is 38.5 Å². The highest BCUT2D eigenvalue weighted by Crippen LogP contribution is 2.30. The summed E-state index contributed by atoms with van der Waals surface area (Å²) in [6.45, 7) is 16.3. The van der Waals surface area contributed by atoms with E-state index in [0.29, 0.717) is 77.7 Å². The molecule has 12 atom stereocenters. The summed E-state index contributed by atoms with van der Waals surface area (Å²) in [5.41, 5.74) is 27.4. The van der Waals surface area contributed by atoms with Crippen LogP contribution < -0.4 is 98.4 Å². The van der Waals surface area contributed by atoms with E-state index in [9.17, 15) is 67.4 Å². The number of nitrogens with zero attached hydrogens (tertiary/aromatic N) is 1. The van der Waals surface area contributed by atoms with Gasteiger partial charge >= 0.3 is 11.7 Å². The summed E-state index contributed by atoms with van der Waals surface area (Å²) in [6, 6.07) is -11.0. The van der Waals surface area contributed by atoms with Gasteiger partial charge in [0.2, 0.25) is 53.2 Å². The van der Waals surface area contributed by atoms with Crippen LogP contribution in [0.2, 0.25) is 0 Å². The average molecular weight is 1420 g/mol. The smallest absolute Gasteiger partial charge is 0.330 e. The number of aliphatic carboxylic acids is 1. The number of rotatable bonds is 53. The maximum absolute atomic E-state index is 14.2. The van der Waals surface area contributed by atoms with Crippen LogP contribution >= 0.6 is 0 Å². The fraction of sp³-hybridized carbons (Fsp3) is 0.773. The van der Waals surface area contributed by atoms with E-state index in [1.54, 1.807) is 13.8 Å². The number of ether oxygens (including phenoxy) is 2. The molecular formula is C66H120N18O16. The molecule has 0 aromatic carbocycles. The quantitative estimate of drug-likeness (QED) is 0.0294. The molecule has 1 fully saturated rings. The zero-order valence-electron chi connectivity index (χ0n) is 60.1. The summed E-state index contributed by atoms with van der Waals surface area (Å²) >= 11 is 0. The first-order valence-electron chi connectivity index (χ1n) is 35.5. The van der Waals surface area contributed by atoms with Crippen molar-refractivity contribution >= 4 is 65.0 Å². The number of amides is 10. The molecule has 0 aliphatic carbocycles. The van der Waals surface area contributed by atoms with Gasteiger partial charge in [0.1, 0.15) is 60.6 Å². The fourth-order valence-corrected chi connectivity index (χ4v) is 10.8. The van der Waals surface area contributed by atoms with Crippen molar-refractivity contribution in [2.75, 3.05) is 59.0 Å². The largest absolute Gasteiger partial charge is 0.480 e. The number of hydrogen-bond donors (Lipinski definition) is 18. The molecule has 0 spiro atoms. The van der Waals surface area contributed by atoms with Crippen LogP contribution in [0.3, 0.4) is 0 Å². The van der Waals surface area contributed by atoms with E-state index < -0.39 is 143 Å². The first-order chi connectivity index (χ1) is 47.5. The number of aromatic amines is 1. The zero-order chi connectivity index (χ0) is 74.9. The number of unbranched alkanes of at least 4 members (excludes halogenated alkanes) is 6. The van der Waals surface area contributed by atoms with Crippen molar-refractivity contribution in [1.82, 2.24) is 68.0 Å². The lowest BCUT2D eigenvalue weighted by atomic mass is 10.0. The van der Waals surface area contributed by atoms with Crippen LogP contribution in [0, 0.1) is 18.8 Å². The summed E-state index contributed by atoms with van der Waals surface area (Å²) in [5, 5.41) is 39.9. The molecule has 1 aromatic rings. The Bertz CT molecular complexity index is 2840. The summed E-state index contributed by atoms with van der Waals surface area (Å²) in [7, 11) is 0. The Morgan fingerprint density at radius 1 is 0.510 bits per heavy atom. The highest BCUT2D eigenvalue weighted by Gasteiger charge is 2.42. The number of aryl methyl sites for hydroxylation is 1. The Balaban J connectivity index is 2.13. The first kappa shape index (κ1) is 88.6. The molecule has 23 N–H and O–H groups in total. The summed E-state index contributed by atoms with van der Waals surface area (Å²) in [6.07, 6.45) is 5.57. The van der Waals surface area contributed by atoms with Crippen LogP contribution in [0.4, 0.5) is 0 Å². The predicted molar refractivity (Wildman–Crippen MR) is 375 cm³/mol. The number of nitrogens with one attached hydrogen (secondary N) is 12. The van der Waals surface area contributed by atoms with Crippen LogP contribution in [0.15, 0.2) is 15.8 Å². The highest BCUT2D eigenvalue weighted by atomic mass is 16.6. The van der Waals surface area contributed by atoms with E-state index in [-0.39, 0.29) is 114 Å². The predicted octanol–water partition coefficient (Wildman–Crippen LogP) is -2.75. The third-order valence-corrected chi connectivity index (χ3v) is 16.6. The Morgan fingerprint density at radius 3 is 1.38 bits per heavy atom. The molecule has 10 amide bonds. The molecule has 0 saturated carbocycles. The standard InChI is InChI=1S/C66H120N18O16/c1-39(2)35-49(81-60(91)45(21-11-16-27-68)77-52(85)25-10-9-15-26-67)62(93)76-43(7)57(88)79-47(23-13-18-29-70)61(92)82-50(36-40(3)4)63(94)75-42(6)56(87)78-46(22-12-17-28-69)59(90)74-44(8)58(89)80-48(65(96)97)24-14-19-32-73-64(95)54-51(99-34-33-72-31-20-30-71)37-53(100-54)84-38-41(5)55(86)83-66(84)98/h38-40,42-51,53-54,72H,9-37,67-71H2,1-8H3,(H,73,95)(H,74,90)(H,75,94)(H,76,93)(H,77,85)(H,78,87)(H,79,88)(H,80,89)(H,81,91)(H,82,92)(H,96,97)(H,83,86,98)/t42-,43-,44-,45-,46-,47-,48-,49-,50-,51+,53-,54+/m1/s1. The minimum absolute atomic E-state index is 0.0514. The first-order valence-corrected chi connectivity index (χ1v) is 35.5. The van der Waals surface area contributed by atoms with Crippen LogP contribution in [0.1, 0.15) is 189 Å². The van der Waals surface area contributed by atoms with Crippen LogP contribution in [0.25, 0.3) is 0 Å². The fourth-order valence-electron chi connectivity index (χ4n) is 10.8. The van der Waals surface area contributed by atoms with Gasteiger partial charge in [-0.15, -0.1) is 0 Å². The number of carbonyl (C=O) groups is 11. The topological polar surface area (TPSA) is 544 Å². The Kier molecular flexibility index (Phi) is 43.6. The minimum atomic E-state index is -1.41. The third kappa shape index (κ3) is 34.3. The molecule has 0 bridgehead atoms. The molecule has 1 aliphatic heterocycles. The van der Waals surface area contributed by atoms with Gasteiger partial charge in [-0.1, -0.05) is 34.1 Å². The maximum atomic E-state index is 14.2. The SMILES string of the molecule is Cc1cn([C@H]2C[C@H](OCCNCCCN)[C@@H](C(=O)NCCCC[C@@H](NC(=O)[C@@H](C)NC(=O)[C@@H](CCCCN)NC(=O)[C@@H](C)NC(=O)[C@@H](CC(C)C)NC(=O)[C@@H](CCCCN)NC(=O)[C@@H](C)NC(=O)[C@@H](CC(C)C)NC(=O)[C@@H](CCCCN)NC(=O)CCCCCN)C(=O)O)O2)c(=O)[nH]c1=O. The van der Waals surface area contributed by atoms with E-state index in [2.05, 4.69) is 63.5 Å². The third-order valence-electron chi connectivity index (χ3n) is 16.6. The van der Waals surface area contributed by atoms with Crippen molar-refractivity contribution in [3.05, 3.63) is 32.6 Å². The Morgan fingerprint density at radius 2 is 0.920 bits per heavy atom. The van der Waals surface area contributed by atoms with Gasteiger partial charge in [-0.05, 0) is 188 Å². The van der Waals surface area contributed by atoms with Crippen molar-refractivity contribution in [1.29, 1.82) is 0 Å². The summed E-state index contributed by atoms with van der Waals surface area (Å²) in [5.74, 6) is -8.47. The molecule has 100 heavy (non-hydrogen) atoms. The lowest BCUT2D eigenvalue weighted by Crippen LogP contribution is -2.60. The number of carboxylic acids is 1. The summed E-state index contributed by atoms with van der Waals surface area (Å²) in [4.78, 5) is 177. The second kappa shape index (κ2) is 49.2. The van der Waals surface area contributed by atoms with Crippen LogP contribution in [-0.2, 0) is 62.2 Å². The van der Waals surface area contributed by atoms with E-state index >= 15 is 0 Å². The normalized spacial score (nSPS) is 17.1. The van der Waals surface area contributed by atoms with Gasteiger partial charge in [0, 0.05) is 37.7 Å². The molecule has 0 radical (unpaired) electrons. The minimum Gasteiger partial charge on any atom is -0.480 e. The average Bonchev–Trinajstić information content (AvgIpc) is 1.63. The van der Waals surface area contributed by atoms with Gasteiger partial charge in [-0.25, -0.2) is 9.59 Å². The molecule has 570 valence electrons. The van der Waals surface area contributed by atoms with Crippen molar-refractivity contribution < 1.29 is 67.3 Å². The van der Waals surface area contributed by atoms with Crippen molar-refractivity contribution in [2.24, 2.45) is 40.5 Å². The summed E-state index contributed by atoms with van der Waals surface area (Å²) < 4.78 is 13.2. The molecule has 2 heterocycles. The lowest BCUT2D eigenvalue weighted by molar-refractivity contribution is -0.142. The molecule has 1 aromatic heterocycles. The van der Waals surface area contributed by atoms with Gasteiger partial charge in [0.15, 0.2) is 6.10 Å². The lowest BCUT2D eigenvalue weighted by Gasteiger charge is -2.27. The van der Waals surface area contributed by atoms with Gasteiger partial charge in [0.25, 0.3) is 11.5 Å². The Labute approximate surface area is 587 Å².